The molecule has 0 saturated carbocycles. The zero-order chi connectivity index (χ0) is 13.9. The third kappa shape index (κ3) is 2.74. The van der Waals surface area contributed by atoms with Crippen LogP contribution in [-0.2, 0) is 0 Å². The summed E-state index contributed by atoms with van der Waals surface area (Å²) in [5.41, 5.74) is 2.82. The first-order chi connectivity index (χ1) is 9.11. The molecule has 0 saturated heterocycles. The van der Waals surface area contributed by atoms with Crippen LogP contribution in [0.5, 0.6) is 0 Å². The largest absolute Gasteiger partial charge is 0.394 e. The fourth-order valence-corrected chi connectivity index (χ4v) is 1.76. The van der Waals surface area contributed by atoms with Crippen LogP contribution in [0.4, 0.5) is 11.8 Å². The molecule has 0 spiro atoms. The molecule has 1 unspecified atom stereocenters. The van der Waals surface area contributed by atoms with Crippen LogP contribution in [-0.4, -0.2) is 27.2 Å². The minimum Gasteiger partial charge on any atom is -0.394 e. The maximum absolute atomic E-state index is 9.50. The van der Waals surface area contributed by atoms with Gasteiger partial charge in [0.15, 0.2) is 0 Å². The number of nitrogen functional groups attached to an aromatic ring is 1. The molecule has 19 heavy (non-hydrogen) atoms. The summed E-state index contributed by atoms with van der Waals surface area (Å²) in [5, 5.41) is 13.7. The second-order valence-corrected chi connectivity index (χ2v) is 4.75. The van der Waals surface area contributed by atoms with E-state index in [-0.39, 0.29) is 6.61 Å². The number of nitrogens with two attached hydrogens (primary N) is 1. The topological polar surface area (TPSA) is 96.1 Å². The molecule has 1 aromatic heterocycles. The van der Waals surface area contributed by atoms with Crippen molar-refractivity contribution >= 4 is 22.7 Å². The highest BCUT2D eigenvalue weighted by molar-refractivity contribution is 5.90. The molecule has 0 aliphatic heterocycles. The Labute approximate surface area is 112 Å². The van der Waals surface area contributed by atoms with Crippen molar-refractivity contribution < 1.29 is 5.11 Å². The van der Waals surface area contributed by atoms with Crippen LogP contribution in [0.2, 0.25) is 0 Å². The number of nitrogens with zero attached hydrogens (tertiary/aromatic N) is 2. The summed E-state index contributed by atoms with van der Waals surface area (Å²) in [6.07, 6.45) is 0.771. The van der Waals surface area contributed by atoms with Gasteiger partial charge in [0.2, 0.25) is 5.95 Å². The fraction of sp³-hybridized carbons (Fsp3) is 0.385. The molecule has 0 aliphatic carbocycles. The summed E-state index contributed by atoms with van der Waals surface area (Å²) < 4.78 is 0. The van der Waals surface area contributed by atoms with Crippen LogP contribution in [0, 0.1) is 0 Å². The van der Waals surface area contributed by atoms with Gasteiger partial charge in [-0.25, -0.2) is 10.8 Å². The van der Waals surface area contributed by atoms with E-state index in [0.717, 1.165) is 17.3 Å². The van der Waals surface area contributed by atoms with Crippen molar-refractivity contribution in [3.05, 3.63) is 24.3 Å². The van der Waals surface area contributed by atoms with Crippen LogP contribution in [0.15, 0.2) is 24.3 Å². The minimum atomic E-state index is -0.428. The minimum absolute atomic E-state index is 0.0210. The molecule has 6 heteroatoms. The molecule has 6 nitrogen and oxygen atoms in total. The second-order valence-electron chi connectivity index (χ2n) is 4.75. The average molecular weight is 261 g/mol. The number of aromatic nitrogens is 2. The van der Waals surface area contributed by atoms with Gasteiger partial charge < -0.3 is 10.4 Å². The summed E-state index contributed by atoms with van der Waals surface area (Å²) in [6.45, 7) is 3.97. The van der Waals surface area contributed by atoms with Crippen molar-refractivity contribution in [3.8, 4) is 0 Å². The number of aliphatic hydroxyl groups is 1. The highest BCUT2D eigenvalue weighted by Gasteiger charge is 2.22. The molecule has 2 aromatic rings. The molecular formula is C13H19N5O. The number of fused-ring (bicyclic) bond motifs is 1. The van der Waals surface area contributed by atoms with E-state index in [2.05, 4.69) is 20.7 Å². The summed E-state index contributed by atoms with van der Waals surface area (Å²) in [6, 6.07) is 7.66. The monoisotopic (exact) mass is 261 g/mol. The number of anilines is 2. The average Bonchev–Trinajstić information content (AvgIpc) is 2.46. The number of hydrogen-bond acceptors (Lipinski definition) is 6. The van der Waals surface area contributed by atoms with Crippen molar-refractivity contribution in [1.82, 2.24) is 9.97 Å². The molecule has 0 radical (unpaired) electrons. The number of aliphatic hydroxyl groups excluding tert-OH is 1. The van der Waals surface area contributed by atoms with Crippen LogP contribution < -0.4 is 16.6 Å². The third-order valence-electron chi connectivity index (χ3n) is 3.28. The van der Waals surface area contributed by atoms with Gasteiger partial charge in [0.05, 0.1) is 17.7 Å². The standard InChI is InChI=1S/C13H19N5O/c1-3-13(2,8-19)17-11-9-6-4-5-7-10(9)15-12(16-11)18-14/h4-7,19H,3,8,14H2,1-2H3,(H2,15,16,17,18). The maximum atomic E-state index is 9.50. The SMILES string of the molecule is CCC(C)(CO)Nc1nc(NN)nc2ccccc12. The maximum Gasteiger partial charge on any atom is 0.239 e. The lowest BCUT2D eigenvalue weighted by Gasteiger charge is -2.28. The molecule has 1 heterocycles. The molecule has 1 aromatic carbocycles. The quantitative estimate of drug-likeness (QED) is 0.481. The van der Waals surface area contributed by atoms with E-state index >= 15 is 0 Å². The van der Waals surface area contributed by atoms with Crippen molar-refractivity contribution in [2.45, 2.75) is 25.8 Å². The lowest BCUT2D eigenvalue weighted by molar-refractivity contribution is 0.218. The van der Waals surface area contributed by atoms with Gasteiger partial charge in [-0.3, -0.25) is 5.43 Å². The molecule has 0 fully saturated rings. The highest BCUT2D eigenvalue weighted by Crippen LogP contribution is 2.25. The third-order valence-corrected chi connectivity index (χ3v) is 3.28. The predicted octanol–water partition coefficient (Wildman–Crippen LogP) is 1.49. The van der Waals surface area contributed by atoms with Gasteiger partial charge in [-0.2, -0.15) is 4.98 Å². The van der Waals surface area contributed by atoms with Crippen molar-refractivity contribution in [1.29, 1.82) is 0 Å². The van der Waals surface area contributed by atoms with E-state index in [0.29, 0.717) is 11.8 Å². The van der Waals surface area contributed by atoms with E-state index in [4.69, 9.17) is 5.84 Å². The molecule has 1 atom stereocenters. The van der Waals surface area contributed by atoms with Crippen LogP contribution in [0.25, 0.3) is 10.9 Å². The Balaban J connectivity index is 2.51. The Morgan fingerprint density at radius 1 is 1.32 bits per heavy atom. The molecular weight excluding hydrogens is 242 g/mol. The smallest absolute Gasteiger partial charge is 0.239 e. The number of nitrogens with one attached hydrogen (secondary N) is 2. The van der Waals surface area contributed by atoms with Crippen molar-refractivity contribution in [2.24, 2.45) is 5.84 Å². The van der Waals surface area contributed by atoms with Gasteiger partial charge in [0.1, 0.15) is 5.82 Å². The summed E-state index contributed by atoms with van der Waals surface area (Å²) in [4.78, 5) is 8.62. The molecule has 102 valence electrons. The summed E-state index contributed by atoms with van der Waals surface area (Å²) in [5.74, 6) is 6.40. The number of rotatable bonds is 5. The Morgan fingerprint density at radius 2 is 2.05 bits per heavy atom. The van der Waals surface area contributed by atoms with E-state index in [1.165, 1.54) is 0 Å². The Morgan fingerprint density at radius 3 is 2.68 bits per heavy atom. The van der Waals surface area contributed by atoms with Crippen molar-refractivity contribution in [3.63, 3.8) is 0 Å². The zero-order valence-corrected chi connectivity index (χ0v) is 11.1. The number of para-hydroxylation sites is 1. The van der Waals surface area contributed by atoms with E-state index in [1.54, 1.807) is 0 Å². The Hall–Kier alpha value is -1.92. The van der Waals surface area contributed by atoms with E-state index in [1.807, 2.05) is 38.1 Å². The van der Waals surface area contributed by atoms with Gasteiger partial charge in [0.25, 0.3) is 0 Å². The molecule has 0 amide bonds. The normalized spacial score (nSPS) is 14.1. The van der Waals surface area contributed by atoms with Crippen LogP contribution in [0.1, 0.15) is 20.3 Å². The predicted molar refractivity (Wildman–Crippen MR) is 76.8 cm³/mol. The second kappa shape index (κ2) is 5.38. The molecule has 5 N–H and O–H groups in total. The molecule has 0 aliphatic rings. The Kier molecular flexibility index (Phi) is 3.82. The number of benzene rings is 1. The summed E-state index contributed by atoms with van der Waals surface area (Å²) >= 11 is 0. The van der Waals surface area contributed by atoms with Gasteiger partial charge >= 0.3 is 0 Å². The van der Waals surface area contributed by atoms with Crippen LogP contribution >= 0.6 is 0 Å². The molecule has 0 bridgehead atoms. The lowest BCUT2D eigenvalue weighted by atomic mass is 10.00. The number of hydrogen-bond donors (Lipinski definition) is 4. The van der Waals surface area contributed by atoms with Crippen molar-refractivity contribution in [2.75, 3.05) is 17.3 Å². The first-order valence-electron chi connectivity index (χ1n) is 6.24. The van der Waals surface area contributed by atoms with E-state index in [9.17, 15) is 5.11 Å². The highest BCUT2D eigenvalue weighted by atomic mass is 16.3. The molecule has 2 rings (SSSR count). The zero-order valence-electron chi connectivity index (χ0n) is 11.1. The first-order valence-corrected chi connectivity index (χ1v) is 6.24. The van der Waals surface area contributed by atoms with Crippen LogP contribution in [0.3, 0.4) is 0 Å². The Bertz CT molecular complexity index is 568. The summed E-state index contributed by atoms with van der Waals surface area (Å²) in [7, 11) is 0. The first kappa shape index (κ1) is 13.5. The van der Waals surface area contributed by atoms with E-state index < -0.39 is 5.54 Å². The van der Waals surface area contributed by atoms with Gasteiger partial charge in [0, 0.05) is 5.39 Å². The fourth-order valence-electron chi connectivity index (χ4n) is 1.76. The van der Waals surface area contributed by atoms with Gasteiger partial charge in [-0.05, 0) is 25.5 Å². The lowest BCUT2D eigenvalue weighted by Crippen LogP contribution is -2.38. The number of hydrazine groups is 1. The van der Waals surface area contributed by atoms with Gasteiger partial charge in [-0.1, -0.05) is 19.1 Å². The van der Waals surface area contributed by atoms with Gasteiger partial charge in [-0.15, -0.1) is 0 Å².